The van der Waals surface area contributed by atoms with Crippen LogP contribution < -0.4 is 0 Å². The molecule has 0 rings (SSSR count). The van der Waals surface area contributed by atoms with Crippen LogP contribution >= 0.6 is 14.3 Å². The van der Waals surface area contributed by atoms with Gasteiger partial charge in [0.05, 0.1) is 0 Å². The minimum Gasteiger partial charge on any atom is -0.320 e. The van der Waals surface area contributed by atoms with Crippen LogP contribution in [0.25, 0.3) is 0 Å². The zero-order valence-electron chi connectivity index (χ0n) is 6.87. The average molecular weight is 180 g/mol. The highest BCUT2D eigenvalue weighted by atomic mass is 31.2. The van der Waals surface area contributed by atoms with Crippen molar-refractivity contribution in [2.24, 2.45) is 0 Å². The van der Waals surface area contributed by atoms with Gasteiger partial charge in [-0.3, -0.25) is 0 Å². The molecule has 0 aliphatic rings. The Bertz CT molecular complexity index is 194. The fraction of sp³-hybridized carbons (Fsp3) is 0.667. The van der Waals surface area contributed by atoms with E-state index in [2.05, 4.69) is 0 Å². The van der Waals surface area contributed by atoms with Gasteiger partial charge in [0.25, 0.3) is 0 Å². The standard InChI is InChI=1S/C6H14O2P2/c1-9(2,7)5-6-10(3,4)8/h5-6H,1-4H3/b6-5-. The van der Waals surface area contributed by atoms with E-state index in [1.807, 2.05) is 0 Å². The summed E-state index contributed by atoms with van der Waals surface area (Å²) in [6.07, 6.45) is 0. The highest BCUT2D eigenvalue weighted by Gasteiger charge is 2.04. The van der Waals surface area contributed by atoms with Crippen molar-refractivity contribution in [3.05, 3.63) is 11.6 Å². The lowest BCUT2D eigenvalue weighted by molar-refractivity contribution is 0.585. The summed E-state index contributed by atoms with van der Waals surface area (Å²) < 4.78 is 22.1. The molecule has 0 aromatic carbocycles. The first kappa shape index (κ1) is 10.2. The normalized spacial score (nSPS) is 14.4. The molecule has 10 heavy (non-hydrogen) atoms. The fourth-order valence-electron chi connectivity index (χ4n) is 0.321. The van der Waals surface area contributed by atoms with Gasteiger partial charge in [0, 0.05) is 0 Å². The fourth-order valence-corrected chi connectivity index (χ4v) is 2.89. The summed E-state index contributed by atoms with van der Waals surface area (Å²) >= 11 is 0. The predicted molar refractivity (Wildman–Crippen MR) is 48.0 cm³/mol. The van der Waals surface area contributed by atoms with Crippen LogP contribution in [0.15, 0.2) is 11.6 Å². The predicted octanol–water partition coefficient (Wildman–Crippen LogP) is 2.70. The molecule has 0 spiro atoms. The summed E-state index contributed by atoms with van der Waals surface area (Å²) in [5.74, 6) is 3.13. The van der Waals surface area contributed by atoms with E-state index in [1.165, 1.54) is 0 Å². The van der Waals surface area contributed by atoms with Gasteiger partial charge in [-0.25, -0.2) is 0 Å². The molecule has 0 aromatic rings. The molecule has 0 N–H and O–H groups in total. The van der Waals surface area contributed by atoms with Gasteiger partial charge in [-0.15, -0.1) is 0 Å². The largest absolute Gasteiger partial charge is 0.320 e. The van der Waals surface area contributed by atoms with Crippen LogP contribution in [0.4, 0.5) is 0 Å². The third kappa shape index (κ3) is 8.20. The second kappa shape index (κ2) is 3.07. The van der Waals surface area contributed by atoms with Crippen molar-refractivity contribution >= 4 is 14.3 Å². The molecule has 0 aliphatic carbocycles. The summed E-state index contributed by atoms with van der Waals surface area (Å²) in [7, 11) is -4.23. The summed E-state index contributed by atoms with van der Waals surface area (Å²) in [4.78, 5) is 0. The monoisotopic (exact) mass is 180 g/mol. The van der Waals surface area contributed by atoms with Gasteiger partial charge in [-0.05, 0) is 38.3 Å². The number of rotatable bonds is 2. The number of hydrogen-bond donors (Lipinski definition) is 0. The molecule has 0 bridgehead atoms. The van der Waals surface area contributed by atoms with Crippen LogP contribution in [0.5, 0.6) is 0 Å². The molecule has 0 atom stereocenters. The van der Waals surface area contributed by atoms with E-state index in [0.717, 1.165) is 0 Å². The maximum Gasteiger partial charge on any atom is 0.103 e. The second-order valence-corrected chi connectivity index (χ2v) is 9.50. The Morgan fingerprint density at radius 3 is 1.10 bits per heavy atom. The van der Waals surface area contributed by atoms with E-state index in [1.54, 1.807) is 38.3 Å². The van der Waals surface area contributed by atoms with Crippen LogP contribution in [0.1, 0.15) is 0 Å². The van der Waals surface area contributed by atoms with E-state index in [9.17, 15) is 9.13 Å². The summed E-state index contributed by atoms with van der Waals surface area (Å²) in [5.41, 5.74) is 0. The lowest BCUT2D eigenvalue weighted by Crippen LogP contribution is -1.69. The van der Waals surface area contributed by atoms with E-state index in [4.69, 9.17) is 0 Å². The quantitative estimate of drug-likeness (QED) is 0.612. The van der Waals surface area contributed by atoms with Crippen molar-refractivity contribution in [2.75, 3.05) is 26.7 Å². The van der Waals surface area contributed by atoms with Crippen molar-refractivity contribution in [3.63, 3.8) is 0 Å². The molecule has 0 aromatic heterocycles. The Labute approximate surface area is 62.5 Å². The Morgan fingerprint density at radius 2 is 1.00 bits per heavy atom. The lowest BCUT2D eigenvalue weighted by atomic mass is 11.2. The molecule has 4 heteroatoms. The van der Waals surface area contributed by atoms with E-state index in [0.29, 0.717) is 0 Å². The summed E-state index contributed by atoms with van der Waals surface area (Å²) in [6.45, 7) is 6.61. The van der Waals surface area contributed by atoms with Crippen molar-refractivity contribution < 1.29 is 9.13 Å². The Kier molecular flexibility index (Phi) is 3.13. The third-order valence-electron chi connectivity index (χ3n) is 0.785. The topological polar surface area (TPSA) is 34.1 Å². The van der Waals surface area contributed by atoms with Gasteiger partial charge in [-0.1, -0.05) is 0 Å². The number of hydrogen-bond acceptors (Lipinski definition) is 2. The van der Waals surface area contributed by atoms with Crippen molar-refractivity contribution in [1.29, 1.82) is 0 Å². The zero-order chi connectivity index (χ0) is 8.41. The highest BCUT2D eigenvalue weighted by Crippen LogP contribution is 2.45. The van der Waals surface area contributed by atoms with Gasteiger partial charge >= 0.3 is 0 Å². The maximum atomic E-state index is 11.1. The van der Waals surface area contributed by atoms with Crippen molar-refractivity contribution in [3.8, 4) is 0 Å². The molecule has 0 aliphatic heterocycles. The van der Waals surface area contributed by atoms with Gasteiger partial charge in [0.2, 0.25) is 0 Å². The van der Waals surface area contributed by atoms with Gasteiger partial charge in [-0.2, -0.15) is 0 Å². The molecule has 0 radical (unpaired) electrons. The van der Waals surface area contributed by atoms with Crippen LogP contribution in [0.3, 0.4) is 0 Å². The Morgan fingerprint density at radius 1 is 0.800 bits per heavy atom. The molecule has 0 heterocycles. The second-order valence-electron chi connectivity index (χ2n) is 3.17. The first-order valence-corrected chi connectivity index (χ1v) is 8.34. The minimum absolute atomic E-state index is 1.56. The maximum absolute atomic E-state index is 11.1. The van der Waals surface area contributed by atoms with E-state index >= 15 is 0 Å². The van der Waals surface area contributed by atoms with Crippen LogP contribution in [-0.2, 0) is 9.13 Å². The van der Waals surface area contributed by atoms with Gasteiger partial charge in [0.15, 0.2) is 0 Å². The SMILES string of the molecule is CP(C)(=O)/C=C\P(C)(C)=O. The molecular weight excluding hydrogens is 166 g/mol. The lowest BCUT2D eigenvalue weighted by Gasteiger charge is -1.99. The van der Waals surface area contributed by atoms with Crippen molar-refractivity contribution in [1.82, 2.24) is 0 Å². The smallest absolute Gasteiger partial charge is 0.103 e. The molecular formula is C6H14O2P2. The minimum atomic E-state index is -2.11. The van der Waals surface area contributed by atoms with Crippen LogP contribution in [0, 0.1) is 0 Å². The van der Waals surface area contributed by atoms with E-state index in [-0.39, 0.29) is 0 Å². The molecule has 60 valence electrons. The molecule has 0 saturated carbocycles. The summed E-state index contributed by atoms with van der Waals surface area (Å²) in [5, 5.41) is 0. The summed E-state index contributed by atoms with van der Waals surface area (Å²) in [6, 6.07) is 0. The van der Waals surface area contributed by atoms with E-state index < -0.39 is 14.3 Å². The van der Waals surface area contributed by atoms with Crippen LogP contribution in [0.2, 0.25) is 0 Å². The third-order valence-corrected chi connectivity index (χ3v) is 2.75. The molecule has 0 fully saturated rings. The molecule has 0 saturated heterocycles. The molecule has 0 amide bonds. The van der Waals surface area contributed by atoms with Gasteiger partial charge in [0.1, 0.15) is 14.3 Å². The Balaban J connectivity index is 4.31. The molecule has 0 unspecified atom stereocenters. The zero-order valence-corrected chi connectivity index (χ0v) is 8.65. The van der Waals surface area contributed by atoms with Crippen molar-refractivity contribution in [2.45, 2.75) is 0 Å². The highest BCUT2D eigenvalue weighted by molar-refractivity contribution is 7.69. The molecule has 2 nitrogen and oxygen atoms in total. The Hall–Kier alpha value is 0.200. The average Bonchev–Trinajstić information content (AvgIpc) is 1.57. The first-order chi connectivity index (χ1) is 4.21. The van der Waals surface area contributed by atoms with Gasteiger partial charge < -0.3 is 9.13 Å². The van der Waals surface area contributed by atoms with Crippen LogP contribution in [-0.4, -0.2) is 26.7 Å². The first-order valence-electron chi connectivity index (χ1n) is 3.00.